The second kappa shape index (κ2) is 4.43. The van der Waals surface area contributed by atoms with Crippen LogP contribution in [0.5, 0.6) is 0 Å². The molecule has 98 valence electrons. The van der Waals surface area contributed by atoms with E-state index in [4.69, 9.17) is 4.98 Å². The Kier molecular flexibility index (Phi) is 2.69. The molecule has 4 aromatic rings. The maximum Gasteiger partial charge on any atom is 0.140 e. The molecule has 0 radical (unpaired) electrons. The summed E-state index contributed by atoms with van der Waals surface area (Å²) in [7, 11) is 0. The Bertz CT molecular complexity index is 903. The van der Waals surface area contributed by atoms with Crippen molar-refractivity contribution in [2.75, 3.05) is 0 Å². The molecule has 4 heteroatoms. The number of hydrogen-bond acceptors (Lipinski definition) is 2. The lowest BCUT2D eigenvalue weighted by Gasteiger charge is -1.97. The van der Waals surface area contributed by atoms with Crippen LogP contribution < -0.4 is 0 Å². The van der Waals surface area contributed by atoms with Crippen LogP contribution in [0.2, 0.25) is 0 Å². The molecule has 0 unspecified atom stereocenters. The van der Waals surface area contributed by atoms with Gasteiger partial charge in [-0.15, -0.1) is 11.3 Å². The van der Waals surface area contributed by atoms with Gasteiger partial charge in [-0.2, -0.15) is 0 Å². The van der Waals surface area contributed by atoms with Crippen molar-refractivity contribution in [2.24, 2.45) is 0 Å². The van der Waals surface area contributed by atoms with Gasteiger partial charge in [0.25, 0.3) is 0 Å². The molecule has 0 fully saturated rings. The number of nitrogens with zero attached hydrogens (tertiary/aromatic N) is 2. The van der Waals surface area contributed by atoms with Gasteiger partial charge < -0.3 is 4.40 Å². The van der Waals surface area contributed by atoms with Gasteiger partial charge in [0.2, 0.25) is 0 Å². The normalized spacial score (nSPS) is 11.5. The Balaban J connectivity index is 1.95. The van der Waals surface area contributed by atoms with Gasteiger partial charge in [-0.3, -0.25) is 0 Å². The van der Waals surface area contributed by atoms with Crippen LogP contribution in [-0.4, -0.2) is 9.38 Å². The molecule has 1 aromatic carbocycles. The van der Waals surface area contributed by atoms with Crippen molar-refractivity contribution in [3.63, 3.8) is 0 Å². The smallest absolute Gasteiger partial charge is 0.140 e. The molecule has 0 saturated carbocycles. The van der Waals surface area contributed by atoms with Gasteiger partial charge in [-0.1, -0.05) is 18.2 Å². The van der Waals surface area contributed by atoms with Crippen LogP contribution >= 0.6 is 27.3 Å². The summed E-state index contributed by atoms with van der Waals surface area (Å²) in [5.74, 6) is 0. The number of imidazole rings is 1. The molecule has 0 aliphatic rings. The van der Waals surface area contributed by atoms with Crippen LogP contribution in [0, 0.1) is 6.92 Å². The Hall–Kier alpha value is -1.65. The van der Waals surface area contributed by atoms with Gasteiger partial charge in [0, 0.05) is 21.6 Å². The molecule has 0 spiro atoms. The zero-order valence-electron chi connectivity index (χ0n) is 10.8. The summed E-state index contributed by atoms with van der Waals surface area (Å²) in [5.41, 5.74) is 3.22. The molecular weight excluding hydrogens is 332 g/mol. The highest BCUT2D eigenvalue weighted by atomic mass is 79.9. The molecule has 0 saturated heterocycles. The predicted molar refractivity (Wildman–Crippen MR) is 88.4 cm³/mol. The van der Waals surface area contributed by atoms with Crippen LogP contribution in [0.1, 0.15) is 5.56 Å². The molecular formula is C16H11BrN2S. The number of aryl methyl sites for hydroxylation is 1. The van der Waals surface area contributed by atoms with Gasteiger partial charge in [-0.25, -0.2) is 4.98 Å². The van der Waals surface area contributed by atoms with E-state index >= 15 is 0 Å². The standard InChI is InChI=1S/C16H11BrN2S/c1-10-6-12(17)8-19-9-13(18-16(10)19)15-7-11-4-2-3-5-14(11)20-15/h2-9H,1H3. The number of pyridine rings is 1. The summed E-state index contributed by atoms with van der Waals surface area (Å²) in [6.45, 7) is 2.09. The van der Waals surface area contributed by atoms with Crippen molar-refractivity contribution in [1.82, 2.24) is 9.38 Å². The minimum atomic E-state index is 1.01. The lowest BCUT2D eigenvalue weighted by Crippen LogP contribution is -1.86. The molecule has 3 aromatic heterocycles. The van der Waals surface area contributed by atoms with E-state index in [1.54, 1.807) is 11.3 Å². The third kappa shape index (κ3) is 1.87. The van der Waals surface area contributed by atoms with Crippen molar-refractivity contribution in [1.29, 1.82) is 0 Å². The SMILES string of the molecule is Cc1cc(Br)cn2cc(-c3cc4ccccc4s3)nc12. The van der Waals surface area contributed by atoms with Crippen LogP contribution in [0.15, 0.2) is 53.3 Å². The monoisotopic (exact) mass is 342 g/mol. The van der Waals surface area contributed by atoms with E-state index < -0.39 is 0 Å². The summed E-state index contributed by atoms with van der Waals surface area (Å²) in [6.07, 6.45) is 4.14. The highest BCUT2D eigenvalue weighted by molar-refractivity contribution is 9.10. The fraction of sp³-hybridized carbons (Fsp3) is 0.0625. The maximum atomic E-state index is 4.77. The van der Waals surface area contributed by atoms with E-state index in [0.717, 1.165) is 15.8 Å². The zero-order chi connectivity index (χ0) is 13.7. The summed E-state index contributed by atoms with van der Waals surface area (Å²) in [4.78, 5) is 5.98. The molecule has 0 aliphatic heterocycles. The largest absolute Gasteiger partial charge is 0.305 e. The van der Waals surface area contributed by atoms with Crippen LogP contribution in [0.25, 0.3) is 26.3 Å². The van der Waals surface area contributed by atoms with E-state index in [2.05, 4.69) is 69.8 Å². The third-order valence-electron chi connectivity index (χ3n) is 3.38. The minimum Gasteiger partial charge on any atom is -0.305 e. The molecule has 0 N–H and O–H groups in total. The molecule has 0 aliphatic carbocycles. The topological polar surface area (TPSA) is 17.3 Å². The van der Waals surface area contributed by atoms with Crippen molar-refractivity contribution in [3.8, 4) is 10.6 Å². The number of aromatic nitrogens is 2. The lowest BCUT2D eigenvalue weighted by molar-refractivity contribution is 1.15. The number of benzene rings is 1. The summed E-state index contributed by atoms with van der Waals surface area (Å²) >= 11 is 5.32. The van der Waals surface area contributed by atoms with Crippen LogP contribution in [0.4, 0.5) is 0 Å². The number of hydrogen-bond donors (Lipinski definition) is 0. The van der Waals surface area contributed by atoms with E-state index in [9.17, 15) is 0 Å². The minimum absolute atomic E-state index is 1.01. The Morgan fingerprint density at radius 2 is 2.00 bits per heavy atom. The summed E-state index contributed by atoms with van der Waals surface area (Å²) in [5, 5.41) is 1.28. The zero-order valence-corrected chi connectivity index (χ0v) is 13.2. The highest BCUT2D eigenvalue weighted by Crippen LogP contribution is 2.33. The van der Waals surface area contributed by atoms with Crippen molar-refractivity contribution in [3.05, 3.63) is 58.8 Å². The third-order valence-corrected chi connectivity index (χ3v) is 4.95. The van der Waals surface area contributed by atoms with Gasteiger partial charge in [0.15, 0.2) is 0 Å². The number of rotatable bonds is 1. The van der Waals surface area contributed by atoms with Crippen molar-refractivity contribution >= 4 is 43.0 Å². The van der Waals surface area contributed by atoms with E-state index in [1.807, 2.05) is 6.20 Å². The molecule has 0 atom stereocenters. The van der Waals surface area contributed by atoms with Crippen molar-refractivity contribution < 1.29 is 0 Å². The van der Waals surface area contributed by atoms with Crippen molar-refractivity contribution in [2.45, 2.75) is 6.92 Å². The second-order valence-electron chi connectivity index (χ2n) is 4.85. The van der Waals surface area contributed by atoms with Gasteiger partial charge >= 0.3 is 0 Å². The Morgan fingerprint density at radius 1 is 1.15 bits per heavy atom. The first-order chi connectivity index (χ1) is 9.70. The quantitative estimate of drug-likeness (QED) is 0.459. The molecule has 0 amide bonds. The number of fused-ring (bicyclic) bond motifs is 2. The molecule has 20 heavy (non-hydrogen) atoms. The molecule has 2 nitrogen and oxygen atoms in total. The first-order valence-corrected chi connectivity index (χ1v) is 7.95. The van der Waals surface area contributed by atoms with Gasteiger partial charge in [0.05, 0.1) is 10.6 Å². The second-order valence-corrected chi connectivity index (χ2v) is 6.85. The molecule has 0 bridgehead atoms. The van der Waals surface area contributed by atoms with E-state index in [-0.39, 0.29) is 0 Å². The first-order valence-electron chi connectivity index (χ1n) is 6.34. The average molecular weight is 343 g/mol. The fourth-order valence-electron chi connectivity index (χ4n) is 2.45. The number of thiophene rings is 1. The Morgan fingerprint density at radius 3 is 2.85 bits per heavy atom. The van der Waals surface area contributed by atoms with E-state index in [0.29, 0.717) is 0 Å². The Labute approximate surface area is 128 Å². The lowest BCUT2D eigenvalue weighted by atomic mass is 10.2. The van der Waals surface area contributed by atoms with Gasteiger partial charge in [0.1, 0.15) is 5.65 Å². The van der Waals surface area contributed by atoms with Crippen LogP contribution in [0.3, 0.4) is 0 Å². The summed E-state index contributed by atoms with van der Waals surface area (Å²) < 4.78 is 4.46. The van der Waals surface area contributed by atoms with Gasteiger partial charge in [-0.05, 0) is 52.0 Å². The van der Waals surface area contributed by atoms with E-state index in [1.165, 1.54) is 20.5 Å². The maximum absolute atomic E-state index is 4.77. The fourth-order valence-corrected chi connectivity index (χ4v) is 4.03. The number of halogens is 1. The van der Waals surface area contributed by atoms with Crippen LogP contribution in [-0.2, 0) is 0 Å². The first kappa shape index (κ1) is 12.1. The predicted octanol–water partition coefficient (Wildman–Crippen LogP) is 5.29. The molecule has 3 heterocycles. The highest BCUT2D eigenvalue weighted by Gasteiger charge is 2.10. The summed E-state index contributed by atoms with van der Waals surface area (Å²) in [6, 6.07) is 12.8. The molecule has 4 rings (SSSR count). The average Bonchev–Trinajstić information content (AvgIpc) is 3.01.